The van der Waals surface area contributed by atoms with E-state index in [1.807, 2.05) is 6.07 Å². The van der Waals surface area contributed by atoms with E-state index in [9.17, 15) is 20.4 Å². The van der Waals surface area contributed by atoms with Crippen LogP contribution in [0.2, 0.25) is 5.02 Å². The normalized spacial score (nSPS) is 23.9. The molecule has 1 aromatic carbocycles. The summed E-state index contributed by atoms with van der Waals surface area (Å²) in [6, 6.07) is 7.01. The van der Waals surface area contributed by atoms with Gasteiger partial charge in [-0.1, -0.05) is 11.6 Å². The Balaban J connectivity index is 1.45. The van der Waals surface area contributed by atoms with Crippen molar-refractivity contribution in [1.29, 1.82) is 0 Å². The van der Waals surface area contributed by atoms with E-state index in [0.29, 0.717) is 40.6 Å². The predicted octanol–water partition coefficient (Wildman–Crippen LogP) is 1.83. The Morgan fingerprint density at radius 1 is 1.16 bits per heavy atom. The maximum atomic E-state index is 10.8. The largest absolute Gasteiger partial charge is 0.491 e. The molecular weight excluding hydrogens is 524 g/mol. The molecule has 1 saturated heterocycles. The number of ether oxygens (including phenoxy) is 2. The van der Waals surface area contributed by atoms with Crippen LogP contribution >= 0.6 is 22.9 Å². The predicted molar refractivity (Wildman–Crippen MR) is 132 cm³/mol. The fourth-order valence-corrected chi connectivity index (χ4v) is 5.27. The smallest absolute Gasteiger partial charge is 0.145 e. The quantitative estimate of drug-likeness (QED) is 0.243. The van der Waals surface area contributed by atoms with Crippen molar-refractivity contribution in [3.8, 4) is 16.4 Å². The lowest BCUT2D eigenvalue weighted by Gasteiger charge is -2.40. The van der Waals surface area contributed by atoms with Gasteiger partial charge in [-0.2, -0.15) is 5.10 Å². The molecule has 0 radical (unpaired) electrons. The Hall–Kier alpha value is -2.84. The van der Waals surface area contributed by atoms with Gasteiger partial charge in [0.15, 0.2) is 0 Å². The minimum atomic E-state index is -1.53. The second-order valence-corrected chi connectivity index (χ2v) is 10.0. The number of aliphatic hydroxyl groups excluding tert-OH is 4. The van der Waals surface area contributed by atoms with Crippen LogP contribution in [0.15, 0.2) is 53.8 Å². The van der Waals surface area contributed by atoms with Gasteiger partial charge in [-0.25, -0.2) is 14.6 Å². The van der Waals surface area contributed by atoms with E-state index in [2.05, 4.69) is 15.1 Å². The molecule has 1 aliphatic heterocycles. The van der Waals surface area contributed by atoms with E-state index < -0.39 is 37.1 Å². The van der Waals surface area contributed by atoms with Crippen LogP contribution in [0.5, 0.6) is 5.75 Å². The van der Waals surface area contributed by atoms with Crippen molar-refractivity contribution < 1.29 is 34.3 Å². The molecule has 37 heavy (non-hydrogen) atoms. The number of aromatic nitrogens is 4. The first-order valence-corrected chi connectivity index (χ1v) is 12.7. The Morgan fingerprint density at radius 3 is 2.76 bits per heavy atom. The first kappa shape index (κ1) is 25.8. The number of rotatable bonds is 9. The summed E-state index contributed by atoms with van der Waals surface area (Å²) < 4.78 is 18.9. The van der Waals surface area contributed by atoms with Crippen molar-refractivity contribution in [3.63, 3.8) is 0 Å². The molecule has 5 atom stereocenters. The summed E-state index contributed by atoms with van der Waals surface area (Å²) in [6.07, 6.45) is 0.0333. The fourth-order valence-electron chi connectivity index (χ4n) is 4.15. The van der Waals surface area contributed by atoms with Gasteiger partial charge in [0.25, 0.3) is 0 Å². The molecule has 5 unspecified atom stereocenters. The van der Waals surface area contributed by atoms with Gasteiger partial charge in [-0.15, -0.1) is 11.3 Å². The maximum Gasteiger partial charge on any atom is 0.145 e. The Kier molecular flexibility index (Phi) is 7.86. The first-order valence-electron chi connectivity index (χ1n) is 11.5. The average Bonchev–Trinajstić information content (AvgIpc) is 3.68. The summed E-state index contributed by atoms with van der Waals surface area (Å²) >= 11 is 8.10. The zero-order valence-electron chi connectivity index (χ0n) is 19.4. The molecule has 3 aromatic heterocycles. The molecule has 1 fully saturated rings. The van der Waals surface area contributed by atoms with E-state index in [4.69, 9.17) is 25.5 Å². The number of hydrogen-bond acceptors (Lipinski definition) is 11. The van der Waals surface area contributed by atoms with Crippen LogP contribution in [0.4, 0.5) is 0 Å². The summed E-state index contributed by atoms with van der Waals surface area (Å²) in [5.41, 5.74) is 1.11. The molecule has 196 valence electrons. The van der Waals surface area contributed by atoms with Crippen molar-refractivity contribution in [2.45, 2.75) is 43.5 Å². The second kappa shape index (κ2) is 11.3. The second-order valence-electron chi connectivity index (χ2n) is 8.51. The Labute approximate surface area is 220 Å². The molecule has 11 nitrogen and oxygen atoms in total. The van der Waals surface area contributed by atoms with Crippen molar-refractivity contribution in [2.75, 3.05) is 13.2 Å². The number of furan rings is 1. The number of halogens is 1. The summed E-state index contributed by atoms with van der Waals surface area (Å²) in [7, 11) is 0. The van der Waals surface area contributed by atoms with Crippen LogP contribution in [-0.4, -0.2) is 77.8 Å². The van der Waals surface area contributed by atoms with Crippen LogP contribution in [0.25, 0.3) is 10.6 Å². The number of hydrogen-bond donors (Lipinski definition) is 4. The SMILES string of the molecule is OCC1OC(c2cc(Cc3ncc(-c4ccco4)s3)c(Cl)cc2OCCn2cncn2)C(O)C(O)C1O. The molecular formula is C24H25ClN4O7S. The minimum Gasteiger partial charge on any atom is -0.491 e. The molecule has 13 heteroatoms. The highest BCUT2D eigenvalue weighted by atomic mass is 35.5. The van der Waals surface area contributed by atoms with Crippen LogP contribution in [0.1, 0.15) is 22.2 Å². The number of aliphatic hydroxyl groups is 4. The molecule has 4 heterocycles. The van der Waals surface area contributed by atoms with Crippen molar-refractivity contribution >= 4 is 22.9 Å². The van der Waals surface area contributed by atoms with Crippen molar-refractivity contribution in [1.82, 2.24) is 19.7 Å². The van der Waals surface area contributed by atoms with Gasteiger partial charge in [0, 0.05) is 23.2 Å². The maximum absolute atomic E-state index is 10.8. The van der Waals surface area contributed by atoms with Crippen LogP contribution < -0.4 is 4.74 Å². The molecule has 5 rings (SSSR count). The van der Waals surface area contributed by atoms with E-state index in [1.165, 1.54) is 17.7 Å². The van der Waals surface area contributed by atoms with Gasteiger partial charge in [0.2, 0.25) is 0 Å². The zero-order valence-corrected chi connectivity index (χ0v) is 21.0. The lowest BCUT2D eigenvalue weighted by atomic mass is 9.90. The van der Waals surface area contributed by atoms with E-state index in [0.717, 1.165) is 9.88 Å². The van der Waals surface area contributed by atoms with E-state index in [1.54, 1.807) is 41.7 Å². The van der Waals surface area contributed by atoms with Gasteiger partial charge in [0.05, 0.1) is 29.3 Å². The lowest BCUT2D eigenvalue weighted by Crippen LogP contribution is -2.55. The molecule has 4 aromatic rings. The first-order chi connectivity index (χ1) is 17.9. The summed E-state index contributed by atoms with van der Waals surface area (Å²) in [5.74, 6) is 1.04. The molecule has 1 aliphatic rings. The highest BCUT2D eigenvalue weighted by Gasteiger charge is 2.45. The fraction of sp³-hybridized carbons (Fsp3) is 0.375. The van der Waals surface area contributed by atoms with Crippen molar-refractivity contribution in [3.05, 3.63) is 70.5 Å². The van der Waals surface area contributed by atoms with Crippen LogP contribution in [0, 0.1) is 0 Å². The van der Waals surface area contributed by atoms with Crippen LogP contribution in [0.3, 0.4) is 0 Å². The molecule has 4 N–H and O–H groups in total. The highest BCUT2D eigenvalue weighted by Crippen LogP contribution is 2.40. The average molecular weight is 549 g/mol. The summed E-state index contributed by atoms with van der Waals surface area (Å²) in [5, 5.41) is 46.3. The third-order valence-electron chi connectivity index (χ3n) is 6.08. The van der Waals surface area contributed by atoms with Gasteiger partial charge >= 0.3 is 0 Å². The zero-order chi connectivity index (χ0) is 25.9. The number of nitrogens with zero attached hydrogens (tertiary/aromatic N) is 4. The lowest BCUT2D eigenvalue weighted by molar-refractivity contribution is -0.232. The van der Waals surface area contributed by atoms with Gasteiger partial charge in [0.1, 0.15) is 61.3 Å². The third-order valence-corrected chi connectivity index (χ3v) is 7.45. The molecule has 0 amide bonds. The van der Waals surface area contributed by atoms with Gasteiger partial charge < -0.3 is 34.3 Å². The number of thiazole rings is 1. The highest BCUT2D eigenvalue weighted by molar-refractivity contribution is 7.15. The van der Waals surface area contributed by atoms with Crippen LogP contribution in [-0.2, 0) is 17.7 Å². The van der Waals surface area contributed by atoms with E-state index in [-0.39, 0.29) is 6.61 Å². The monoisotopic (exact) mass is 548 g/mol. The Bertz CT molecular complexity index is 1300. The topological polar surface area (TPSA) is 156 Å². The molecule has 0 spiro atoms. The molecule has 0 bridgehead atoms. The van der Waals surface area contributed by atoms with E-state index >= 15 is 0 Å². The summed E-state index contributed by atoms with van der Waals surface area (Å²) in [6.45, 7) is 0.0731. The third kappa shape index (κ3) is 5.55. The molecule has 0 saturated carbocycles. The molecule has 0 aliphatic carbocycles. The van der Waals surface area contributed by atoms with Gasteiger partial charge in [-0.3, -0.25) is 0 Å². The standard InChI is InChI=1S/C24H25ClN4O7S/c25-15-8-17(35-5-3-29-12-26-11-28-29)14(24-23(33)22(32)21(31)18(10-30)36-24)6-13(15)7-20-27-9-19(37-20)16-2-1-4-34-16/h1-2,4,6,8-9,11-12,18,21-24,30-33H,3,5,7,10H2. The minimum absolute atomic E-state index is 0.211. The number of benzene rings is 1. The van der Waals surface area contributed by atoms with Crippen molar-refractivity contribution in [2.24, 2.45) is 0 Å². The summed E-state index contributed by atoms with van der Waals surface area (Å²) in [4.78, 5) is 9.25. The van der Waals surface area contributed by atoms with Gasteiger partial charge in [-0.05, 0) is 29.8 Å². The Morgan fingerprint density at radius 2 is 2.03 bits per heavy atom.